The van der Waals surface area contributed by atoms with Crippen molar-refractivity contribution in [2.45, 2.75) is 20.4 Å². The van der Waals surface area contributed by atoms with Crippen LogP contribution in [-0.4, -0.2) is 19.0 Å². The van der Waals surface area contributed by atoms with Gasteiger partial charge in [-0.15, -0.1) is 0 Å². The Morgan fingerprint density at radius 1 is 1.38 bits per heavy atom. The number of benzene rings is 1. The van der Waals surface area contributed by atoms with E-state index >= 15 is 0 Å². The molecule has 16 heavy (non-hydrogen) atoms. The van der Waals surface area contributed by atoms with Crippen molar-refractivity contribution < 1.29 is 4.79 Å². The van der Waals surface area contributed by atoms with Crippen LogP contribution in [0.5, 0.6) is 0 Å². The molecular weight excluding hydrogens is 200 g/mol. The van der Waals surface area contributed by atoms with Crippen molar-refractivity contribution in [3.05, 3.63) is 34.9 Å². The maximum absolute atomic E-state index is 11.6. The van der Waals surface area contributed by atoms with Crippen LogP contribution in [-0.2, 0) is 11.3 Å². The number of hydrogen-bond acceptors (Lipinski definition) is 2. The molecule has 1 aliphatic heterocycles. The van der Waals surface area contributed by atoms with Gasteiger partial charge < -0.3 is 10.6 Å². The van der Waals surface area contributed by atoms with Gasteiger partial charge in [-0.25, -0.2) is 0 Å². The first-order valence-corrected chi connectivity index (χ1v) is 5.71. The van der Waals surface area contributed by atoms with E-state index < -0.39 is 0 Å². The van der Waals surface area contributed by atoms with E-state index in [0.717, 1.165) is 13.1 Å². The molecule has 1 amide bonds. The van der Waals surface area contributed by atoms with Crippen LogP contribution in [0.15, 0.2) is 18.2 Å². The predicted octanol–water partition coefficient (Wildman–Crippen LogP) is 1.14. The summed E-state index contributed by atoms with van der Waals surface area (Å²) in [5, 5.41) is 6.06. The van der Waals surface area contributed by atoms with Gasteiger partial charge in [-0.2, -0.15) is 0 Å². The van der Waals surface area contributed by atoms with E-state index in [2.05, 4.69) is 42.7 Å². The van der Waals surface area contributed by atoms with Crippen molar-refractivity contribution >= 4 is 5.91 Å². The number of aryl methyl sites for hydroxylation is 2. The Hall–Kier alpha value is -1.35. The Morgan fingerprint density at radius 3 is 2.69 bits per heavy atom. The van der Waals surface area contributed by atoms with Crippen molar-refractivity contribution in [1.82, 2.24) is 10.6 Å². The van der Waals surface area contributed by atoms with Crippen molar-refractivity contribution in [3.63, 3.8) is 0 Å². The number of amides is 1. The topological polar surface area (TPSA) is 41.1 Å². The fourth-order valence-electron chi connectivity index (χ4n) is 1.72. The second-order valence-electron chi connectivity index (χ2n) is 4.49. The van der Waals surface area contributed by atoms with Gasteiger partial charge in [0.2, 0.25) is 5.91 Å². The molecule has 1 saturated heterocycles. The largest absolute Gasteiger partial charge is 0.352 e. The molecule has 0 saturated carbocycles. The Kier molecular flexibility index (Phi) is 3.25. The van der Waals surface area contributed by atoms with Gasteiger partial charge in [0.05, 0.1) is 5.92 Å². The number of nitrogens with one attached hydrogen (secondary N) is 2. The first-order valence-electron chi connectivity index (χ1n) is 5.71. The van der Waals surface area contributed by atoms with E-state index in [1.54, 1.807) is 0 Å². The monoisotopic (exact) mass is 218 g/mol. The number of hydrogen-bond donors (Lipinski definition) is 2. The average Bonchev–Trinajstić information content (AvgIpc) is 2.17. The summed E-state index contributed by atoms with van der Waals surface area (Å²) in [7, 11) is 0. The highest BCUT2D eigenvalue weighted by Crippen LogP contribution is 2.10. The minimum Gasteiger partial charge on any atom is -0.352 e. The lowest BCUT2D eigenvalue weighted by atomic mass is 10.0. The molecule has 1 heterocycles. The van der Waals surface area contributed by atoms with Gasteiger partial charge in [0.25, 0.3) is 0 Å². The van der Waals surface area contributed by atoms with E-state index in [9.17, 15) is 4.79 Å². The highest BCUT2D eigenvalue weighted by atomic mass is 16.2. The third-order valence-corrected chi connectivity index (χ3v) is 3.19. The fourth-order valence-corrected chi connectivity index (χ4v) is 1.72. The van der Waals surface area contributed by atoms with E-state index in [1.807, 2.05) is 0 Å². The summed E-state index contributed by atoms with van der Waals surface area (Å²) in [5.41, 5.74) is 3.74. The predicted molar refractivity (Wildman–Crippen MR) is 64.1 cm³/mol. The lowest BCUT2D eigenvalue weighted by molar-refractivity contribution is -0.126. The number of carbonyl (C=O) groups is 1. The third-order valence-electron chi connectivity index (χ3n) is 3.19. The van der Waals surface area contributed by atoms with Crippen molar-refractivity contribution in [3.8, 4) is 0 Å². The summed E-state index contributed by atoms with van der Waals surface area (Å²) in [5.74, 6) is 0.337. The zero-order chi connectivity index (χ0) is 11.5. The smallest absolute Gasteiger partial charge is 0.225 e. The number of carbonyl (C=O) groups excluding carboxylic acids is 1. The zero-order valence-corrected chi connectivity index (χ0v) is 9.84. The molecule has 0 aliphatic carbocycles. The van der Waals surface area contributed by atoms with E-state index in [1.165, 1.54) is 16.7 Å². The molecule has 0 spiro atoms. The molecular formula is C13H18N2O. The van der Waals surface area contributed by atoms with Crippen LogP contribution in [0.4, 0.5) is 0 Å². The quantitative estimate of drug-likeness (QED) is 0.798. The summed E-state index contributed by atoms with van der Waals surface area (Å²) in [6.45, 7) is 6.46. The van der Waals surface area contributed by atoms with Crippen molar-refractivity contribution in [2.24, 2.45) is 5.92 Å². The van der Waals surface area contributed by atoms with Gasteiger partial charge in [0, 0.05) is 19.6 Å². The van der Waals surface area contributed by atoms with Crippen LogP contribution in [0.2, 0.25) is 0 Å². The first kappa shape index (κ1) is 11.1. The average molecular weight is 218 g/mol. The minimum absolute atomic E-state index is 0.164. The SMILES string of the molecule is Cc1ccc(CNC(=O)C2CNC2)cc1C. The van der Waals surface area contributed by atoms with Crippen LogP contribution < -0.4 is 10.6 Å². The summed E-state index contributed by atoms with van der Waals surface area (Å²) >= 11 is 0. The van der Waals surface area contributed by atoms with Gasteiger partial charge in [-0.05, 0) is 30.5 Å². The van der Waals surface area contributed by atoms with Crippen LogP contribution in [0.1, 0.15) is 16.7 Å². The molecule has 1 fully saturated rings. The van der Waals surface area contributed by atoms with Gasteiger partial charge >= 0.3 is 0 Å². The maximum Gasteiger partial charge on any atom is 0.225 e. The maximum atomic E-state index is 11.6. The molecule has 3 heteroatoms. The van der Waals surface area contributed by atoms with Crippen LogP contribution >= 0.6 is 0 Å². The van der Waals surface area contributed by atoms with E-state index in [0.29, 0.717) is 6.54 Å². The van der Waals surface area contributed by atoms with Crippen molar-refractivity contribution in [2.75, 3.05) is 13.1 Å². The third kappa shape index (κ3) is 2.42. The minimum atomic E-state index is 0.164. The molecule has 0 aromatic heterocycles. The molecule has 0 unspecified atom stereocenters. The lowest BCUT2D eigenvalue weighted by Gasteiger charge is -2.25. The molecule has 2 N–H and O–H groups in total. The zero-order valence-electron chi connectivity index (χ0n) is 9.84. The second kappa shape index (κ2) is 4.66. The van der Waals surface area contributed by atoms with E-state index in [4.69, 9.17) is 0 Å². The molecule has 0 bridgehead atoms. The second-order valence-corrected chi connectivity index (χ2v) is 4.49. The van der Waals surface area contributed by atoms with Crippen LogP contribution in [0.3, 0.4) is 0 Å². The van der Waals surface area contributed by atoms with Crippen LogP contribution in [0.25, 0.3) is 0 Å². The molecule has 1 aromatic rings. The van der Waals surface area contributed by atoms with Gasteiger partial charge in [0.15, 0.2) is 0 Å². The Bertz CT molecular complexity index is 397. The first-order chi connectivity index (χ1) is 7.66. The summed E-state index contributed by atoms with van der Waals surface area (Å²) in [6.07, 6.45) is 0. The Morgan fingerprint density at radius 2 is 2.12 bits per heavy atom. The standard InChI is InChI=1S/C13H18N2O/c1-9-3-4-11(5-10(9)2)6-15-13(16)12-7-14-8-12/h3-5,12,14H,6-8H2,1-2H3,(H,15,16). The van der Waals surface area contributed by atoms with Crippen LogP contribution in [0, 0.1) is 19.8 Å². The Labute approximate surface area is 96.2 Å². The summed E-state index contributed by atoms with van der Waals surface area (Å²) in [6, 6.07) is 6.30. The molecule has 3 nitrogen and oxygen atoms in total. The summed E-state index contributed by atoms with van der Waals surface area (Å²) in [4.78, 5) is 11.6. The molecule has 1 aromatic carbocycles. The lowest BCUT2D eigenvalue weighted by Crippen LogP contribution is -2.50. The highest BCUT2D eigenvalue weighted by Gasteiger charge is 2.24. The summed E-state index contributed by atoms with van der Waals surface area (Å²) < 4.78 is 0. The number of rotatable bonds is 3. The fraction of sp³-hybridized carbons (Fsp3) is 0.462. The molecule has 86 valence electrons. The normalized spacial score (nSPS) is 15.6. The molecule has 0 atom stereocenters. The van der Waals surface area contributed by atoms with Gasteiger partial charge in [0.1, 0.15) is 0 Å². The molecule has 1 aliphatic rings. The Balaban J connectivity index is 1.89. The molecule has 0 radical (unpaired) electrons. The van der Waals surface area contributed by atoms with Gasteiger partial charge in [-0.1, -0.05) is 18.2 Å². The van der Waals surface area contributed by atoms with E-state index in [-0.39, 0.29) is 11.8 Å². The molecule has 2 rings (SSSR count). The van der Waals surface area contributed by atoms with Gasteiger partial charge in [-0.3, -0.25) is 4.79 Å². The van der Waals surface area contributed by atoms with Crippen molar-refractivity contribution in [1.29, 1.82) is 0 Å². The highest BCUT2D eigenvalue weighted by molar-refractivity contribution is 5.79.